The second-order valence-electron chi connectivity index (χ2n) is 3.03. The zero-order valence-electron chi connectivity index (χ0n) is 8.61. The van der Waals surface area contributed by atoms with Gasteiger partial charge < -0.3 is 5.73 Å². The van der Waals surface area contributed by atoms with Crippen LogP contribution in [0.15, 0.2) is 36.5 Å². The average Bonchev–Trinajstić information content (AvgIpc) is 2.68. The number of rotatable bonds is 3. The van der Waals surface area contributed by atoms with Gasteiger partial charge in [0.05, 0.1) is 17.6 Å². The first-order valence-electron chi connectivity index (χ1n) is 4.57. The first-order valence-corrected chi connectivity index (χ1v) is 4.57. The maximum absolute atomic E-state index is 5.43. The van der Waals surface area contributed by atoms with Gasteiger partial charge in [0.2, 0.25) is 0 Å². The van der Waals surface area contributed by atoms with E-state index in [1.54, 1.807) is 4.68 Å². The molecule has 2 rings (SSSR count). The van der Waals surface area contributed by atoms with E-state index >= 15 is 0 Å². The van der Waals surface area contributed by atoms with Crippen LogP contribution in [0.4, 0.5) is 0 Å². The molecule has 1 aromatic carbocycles. The van der Waals surface area contributed by atoms with Crippen molar-refractivity contribution in [3.8, 4) is 5.69 Å². The summed E-state index contributed by atoms with van der Waals surface area (Å²) in [5, 5.41) is 8.03. The molecule has 2 aromatic rings. The summed E-state index contributed by atoms with van der Waals surface area (Å²) in [6.45, 7) is 0.605. The highest BCUT2D eigenvalue weighted by molar-refractivity contribution is 5.85. The zero-order valence-corrected chi connectivity index (χ0v) is 10.2. The molecular formula is C10H14Cl2N4. The lowest BCUT2D eigenvalue weighted by Gasteiger charge is -1.96. The maximum atomic E-state index is 5.43. The van der Waals surface area contributed by atoms with Crippen molar-refractivity contribution in [3.63, 3.8) is 0 Å². The molecule has 1 heterocycles. The van der Waals surface area contributed by atoms with Gasteiger partial charge in [0.1, 0.15) is 0 Å². The van der Waals surface area contributed by atoms with Gasteiger partial charge in [-0.2, -0.15) is 0 Å². The standard InChI is InChI=1S/C10H12N4.2ClH/c11-7-6-9-8-14(13-12-9)10-4-2-1-3-5-10;;/h1-5,8H,6-7,11H2;2*1H. The van der Waals surface area contributed by atoms with Crippen LogP contribution in [0.3, 0.4) is 0 Å². The molecule has 0 fully saturated rings. The molecule has 1 aromatic heterocycles. The lowest BCUT2D eigenvalue weighted by atomic mass is 10.3. The van der Waals surface area contributed by atoms with Crippen molar-refractivity contribution in [3.05, 3.63) is 42.2 Å². The van der Waals surface area contributed by atoms with E-state index in [0.29, 0.717) is 6.54 Å². The molecule has 0 saturated carbocycles. The second kappa shape index (κ2) is 7.22. The van der Waals surface area contributed by atoms with Crippen LogP contribution in [-0.4, -0.2) is 21.5 Å². The zero-order chi connectivity index (χ0) is 9.80. The van der Waals surface area contributed by atoms with E-state index in [0.717, 1.165) is 17.8 Å². The summed E-state index contributed by atoms with van der Waals surface area (Å²) in [5.41, 5.74) is 7.38. The minimum absolute atomic E-state index is 0. The van der Waals surface area contributed by atoms with E-state index in [9.17, 15) is 0 Å². The monoisotopic (exact) mass is 260 g/mol. The number of nitrogens with zero attached hydrogens (tertiary/aromatic N) is 3. The summed E-state index contributed by atoms with van der Waals surface area (Å²) in [4.78, 5) is 0. The molecule has 0 spiro atoms. The Morgan fingerprint density at radius 2 is 1.81 bits per heavy atom. The van der Waals surface area contributed by atoms with Crippen molar-refractivity contribution in [2.45, 2.75) is 6.42 Å². The van der Waals surface area contributed by atoms with Gasteiger partial charge in [-0.1, -0.05) is 23.4 Å². The van der Waals surface area contributed by atoms with Crippen LogP contribution in [0.2, 0.25) is 0 Å². The number of aromatic nitrogens is 3. The van der Waals surface area contributed by atoms with Crippen LogP contribution < -0.4 is 5.73 Å². The van der Waals surface area contributed by atoms with Gasteiger partial charge in [0, 0.05) is 6.42 Å². The third-order valence-electron chi connectivity index (χ3n) is 1.96. The van der Waals surface area contributed by atoms with Crippen molar-refractivity contribution in [2.24, 2.45) is 5.73 Å². The van der Waals surface area contributed by atoms with Crippen molar-refractivity contribution in [1.82, 2.24) is 15.0 Å². The van der Waals surface area contributed by atoms with E-state index in [2.05, 4.69) is 10.3 Å². The third-order valence-corrected chi connectivity index (χ3v) is 1.96. The van der Waals surface area contributed by atoms with Gasteiger partial charge in [-0.25, -0.2) is 4.68 Å². The molecule has 6 heteroatoms. The van der Waals surface area contributed by atoms with E-state index in [1.165, 1.54) is 0 Å². The van der Waals surface area contributed by atoms with E-state index < -0.39 is 0 Å². The SMILES string of the molecule is Cl.Cl.NCCc1cn(-c2ccccc2)nn1. The summed E-state index contributed by atoms with van der Waals surface area (Å²) < 4.78 is 1.75. The first-order chi connectivity index (χ1) is 6.90. The third kappa shape index (κ3) is 3.48. The molecule has 2 N–H and O–H groups in total. The Morgan fingerprint density at radius 1 is 1.12 bits per heavy atom. The van der Waals surface area contributed by atoms with Crippen LogP contribution in [0.1, 0.15) is 5.69 Å². The molecule has 0 aliphatic heterocycles. The number of benzene rings is 1. The molecule has 4 nitrogen and oxygen atoms in total. The Morgan fingerprint density at radius 3 is 2.44 bits per heavy atom. The Hall–Kier alpha value is -1.10. The number of para-hydroxylation sites is 1. The molecule has 0 atom stereocenters. The summed E-state index contributed by atoms with van der Waals surface area (Å²) in [7, 11) is 0. The molecule has 16 heavy (non-hydrogen) atoms. The van der Waals surface area contributed by atoms with E-state index in [-0.39, 0.29) is 24.8 Å². The minimum Gasteiger partial charge on any atom is -0.330 e. The van der Waals surface area contributed by atoms with Gasteiger partial charge in [-0.05, 0) is 18.7 Å². The molecule has 0 unspecified atom stereocenters. The molecule has 0 amide bonds. The highest BCUT2D eigenvalue weighted by Crippen LogP contribution is 2.05. The number of nitrogens with two attached hydrogens (primary N) is 1. The second-order valence-corrected chi connectivity index (χ2v) is 3.03. The van der Waals surface area contributed by atoms with Crippen LogP contribution in [0.25, 0.3) is 5.69 Å². The first kappa shape index (κ1) is 14.9. The predicted molar refractivity (Wildman–Crippen MR) is 68.6 cm³/mol. The molecule has 0 radical (unpaired) electrons. The summed E-state index contributed by atoms with van der Waals surface area (Å²) in [5.74, 6) is 0. The molecule has 0 bridgehead atoms. The average molecular weight is 261 g/mol. The number of hydrogen-bond donors (Lipinski definition) is 1. The van der Waals surface area contributed by atoms with E-state index in [1.807, 2.05) is 36.5 Å². The molecule has 0 aliphatic rings. The van der Waals surface area contributed by atoms with Crippen LogP contribution in [0, 0.1) is 0 Å². The summed E-state index contributed by atoms with van der Waals surface area (Å²) in [6, 6.07) is 9.89. The highest BCUT2D eigenvalue weighted by Gasteiger charge is 2.00. The van der Waals surface area contributed by atoms with Crippen molar-refractivity contribution in [2.75, 3.05) is 6.54 Å². The highest BCUT2D eigenvalue weighted by atomic mass is 35.5. The lowest BCUT2D eigenvalue weighted by Crippen LogP contribution is -2.02. The normalized spacial score (nSPS) is 9.06. The molecular weight excluding hydrogens is 247 g/mol. The topological polar surface area (TPSA) is 56.7 Å². The fraction of sp³-hybridized carbons (Fsp3) is 0.200. The van der Waals surface area contributed by atoms with Gasteiger partial charge in [0.25, 0.3) is 0 Å². The van der Waals surface area contributed by atoms with Crippen molar-refractivity contribution >= 4 is 24.8 Å². The predicted octanol–water partition coefficient (Wildman–Crippen LogP) is 1.61. The lowest BCUT2D eigenvalue weighted by molar-refractivity contribution is 0.795. The van der Waals surface area contributed by atoms with Crippen LogP contribution >= 0.6 is 24.8 Å². The molecule has 0 saturated heterocycles. The number of hydrogen-bond acceptors (Lipinski definition) is 3. The minimum atomic E-state index is 0. The van der Waals surface area contributed by atoms with Crippen molar-refractivity contribution in [1.29, 1.82) is 0 Å². The quantitative estimate of drug-likeness (QED) is 0.913. The Balaban J connectivity index is 0.00000112. The summed E-state index contributed by atoms with van der Waals surface area (Å²) in [6.07, 6.45) is 2.68. The fourth-order valence-electron chi connectivity index (χ4n) is 1.27. The van der Waals surface area contributed by atoms with Gasteiger partial charge >= 0.3 is 0 Å². The Kier molecular flexibility index (Phi) is 6.72. The van der Waals surface area contributed by atoms with Crippen LogP contribution in [-0.2, 0) is 6.42 Å². The molecule has 0 aliphatic carbocycles. The van der Waals surface area contributed by atoms with Gasteiger partial charge in [0.15, 0.2) is 0 Å². The van der Waals surface area contributed by atoms with Crippen molar-refractivity contribution < 1.29 is 0 Å². The number of halogens is 2. The fourth-order valence-corrected chi connectivity index (χ4v) is 1.27. The molecule has 88 valence electrons. The largest absolute Gasteiger partial charge is 0.330 e. The van der Waals surface area contributed by atoms with Crippen LogP contribution in [0.5, 0.6) is 0 Å². The maximum Gasteiger partial charge on any atom is 0.0844 e. The van der Waals surface area contributed by atoms with Gasteiger partial charge in [-0.3, -0.25) is 0 Å². The smallest absolute Gasteiger partial charge is 0.0844 e. The Labute approximate surface area is 107 Å². The summed E-state index contributed by atoms with van der Waals surface area (Å²) >= 11 is 0. The Bertz CT molecular complexity index is 402. The van der Waals surface area contributed by atoms with E-state index in [4.69, 9.17) is 5.73 Å². The van der Waals surface area contributed by atoms with Gasteiger partial charge in [-0.15, -0.1) is 29.9 Å².